The van der Waals surface area contributed by atoms with Gasteiger partial charge < -0.3 is 11.1 Å². The molecule has 3 N–H and O–H groups in total. The summed E-state index contributed by atoms with van der Waals surface area (Å²) in [6.45, 7) is -1.33. The molecule has 0 radical (unpaired) electrons. The van der Waals surface area contributed by atoms with E-state index in [4.69, 9.17) is 5.73 Å². The van der Waals surface area contributed by atoms with Crippen molar-refractivity contribution in [1.82, 2.24) is 5.32 Å². The SMILES string of the molecule is Cl.NCC(F)(F)CNC(=O)C1C2C3CCC(C3)C12. The molecule has 0 spiro atoms. The molecule has 3 aliphatic carbocycles. The van der Waals surface area contributed by atoms with Gasteiger partial charge in [-0.1, -0.05) is 0 Å². The third-order valence-corrected chi connectivity index (χ3v) is 4.86. The van der Waals surface area contributed by atoms with Crippen molar-refractivity contribution < 1.29 is 13.6 Å². The van der Waals surface area contributed by atoms with Gasteiger partial charge in [-0.2, -0.15) is 0 Å². The minimum atomic E-state index is -2.97. The van der Waals surface area contributed by atoms with Crippen LogP contribution in [0.25, 0.3) is 0 Å². The Labute approximate surface area is 111 Å². The Morgan fingerprint density at radius 3 is 2.33 bits per heavy atom. The number of hydrogen-bond acceptors (Lipinski definition) is 2. The van der Waals surface area contributed by atoms with Crippen molar-refractivity contribution in [2.75, 3.05) is 13.1 Å². The van der Waals surface area contributed by atoms with Gasteiger partial charge in [0.15, 0.2) is 0 Å². The molecule has 0 aromatic rings. The van der Waals surface area contributed by atoms with Gasteiger partial charge in [0, 0.05) is 5.92 Å². The molecule has 4 unspecified atom stereocenters. The summed E-state index contributed by atoms with van der Waals surface area (Å²) in [7, 11) is 0. The molecular weight excluding hydrogens is 262 g/mol. The lowest BCUT2D eigenvalue weighted by molar-refractivity contribution is -0.125. The van der Waals surface area contributed by atoms with E-state index in [-0.39, 0.29) is 24.2 Å². The van der Waals surface area contributed by atoms with E-state index < -0.39 is 19.0 Å². The standard InChI is InChI=1S/C12H18F2N2O.ClH/c13-12(14,4-15)5-16-11(17)10-8-6-1-2-7(3-6)9(8)10;/h6-10H,1-5,15H2,(H,16,17);1H. The number of nitrogens with two attached hydrogens (primary N) is 1. The van der Waals surface area contributed by atoms with E-state index >= 15 is 0 Å². The molecule has 18 heavy (non-hydrogen) atoms. The van der Waals surface area contributed by atoms with E-state index in [2.05, 4.69) is 5.32 Å². The van der Waals surface area contributed by atoms with Gasteiger partial charge in [-0.3, -0.25) is 4.79 Å². The number of nitrogens with one attached hydrogen (secondary N) is 1. The predicted octanol–water partition coefficient (Wildman–Crippen LogP) is 1.41. The minimum Gasteiger partial charge on any atom is -0.350 e. The predicted molar refractivity (Wildman–Crippen MR) is 65.6 cm³/mol. The van der Waals surface area contributed by atoms with E-state index in [0.717, 1.165) is 0 Å². The molecule has 1 amide bonds. The first-order valence-electron chi connectivity index (χ1n) is 6.39. The van der Waals surface area contributed by atoms with Crippen LogP contribution in [0.4, 0.5) is 8.78 Å². The zero-order valence-corrected chi connectivity index (χ0v) is 10.9. The normalized spacial score (nSPS) is 40.1. The summed E-state index contributed by atoms with van der Waals surface area (Å²) >= 11 is 0. The molecule has 3 rings (SSSR count). The van der Waals surface area contributed by atoms with Crippen LogP contribution < -0.4 is 11.1 Å². The highest BCUT2D eigenvalue weighted by Crippen LogP contribution is 2.69. The Kier molecular flexibility index (Phi) is 3.58. The Hall–Kier alpha value is -0.420. The molecular formula is C12H19ClF2N2O. The third kappa shape index (κ3) is 2.11. The molecule has 3 saturated carbocycles. The third-order valence-electron chi connectivity index (χ3n) is 4.86. The van der Waals surface area contributed by atoms with Gasteiger partial charge >= 0.3 is 0 Å². The van der Waals surface area contributed by atoms with Crippen molar-refractivity contribution in [2.24, 2.45) is 35.3 Å². The largest absolute Gasteiger partial charge is 0.350 e. The molecule has 0 aliphatic heterocycles. The Morgan fingerprint density at radius 1 is 1.28 bits per heavy atom. The van der Waals surface area contributed by atoms with Crippen LogP contribution in [0.5, 0.6) is 0 Å². The highest BCUT2D eigenvalue weighted by molar-refractivity contribution is 5.85. The van der Waals surface area contributed by atoms with Crippen LogP contribution >= 0.6 is 12.4 Å². The van der Waals surface area contributed by atoms with E-state index in [9.17, 15) is 13.6 Å². The Morgan fingerprint density at radius 2 is 1.83 bits per heavy atom. The summed E-state index contributed by atoms with van der Waals surface area (Å²) < 4.78 is 25.8. The van der Waals surface area contributed by atoms with Crippen molar-refractivity contribution in [1.29, 1.82) is 0 Å². The number of amides is 1. The zero-order chi connectivity index (χ0) is 12.2. The second-order valence-corrected chi connectivity index (χ2v) is 5.79. The van der Waals surface area contributed by atoms with Gasteiger partial charge in [0.05, 0.1) is 13.1 Å². The second-order valence-electron chi connectivity index (χ2n) is 5.79. The lowest BCUT2D eigenvalue weighted by Crippen LogP contribution is -2.42. The number of carbonyl (C=O) groups excluding carboxylic acids is 1. The molecule has 0 aromatic heterocycles. The van der Waals surface area contributed by atoms with E-state index in [1.54, 1.807) is 0 Å². The van der Waals surface area contributed by atoms with Crippen molar-refractivity contribution >= 4 is 18.3 Å². The van der Waals surface area contributed by atoms with Gasteiger partial charge in [0.2, 0.25) is 5.91 Å². The fourth-order valence-corrected chi connectivity index (χ4v) is 4.08. The van der Waals surface area contributed by atoms with Gasteiger partial charge in [0.25, 0.3) is 5.92 Å². The van der Waals surface area contributed by atoms with Crippen molar-refractivity contribution in [3.63, 3.8) is 0 Å². The average molecular weight is 281 g/mol. The molecule has 2 bridgehead atoms. The fraction of sp³-hybridized carbons (Fsp3) is 0.917. The molecule has 104 valence electrons. The summed E-state index contributed by atoms with van der Waals surface area (Å²) in [6.07, 6.45) is 3.72. The van der Waals surface area contributed by atoms with Crippen LogP contribution in [0, 0.1) is 29.6 Å². The average Bonchev–Trinajstić information content (AvgIpc) is 2.75. The van der Waals surface area contributed by atoms with E-state index in [1.807, 2.05) is 0 Å². The highest BCUT2D eigenvalue weighted by atomic mass is 35.5. The molecule has 4 atom stereocenters. The number of carbonyl (C=O) groups is 1. The van der Waals surface area contributed by atoms with Gasteiger partial charge in [-0.25, -0.2) is 8.78 Å². The number of hydrogen-bond donors (Lipinski definition) is 2. The topological polar surface area (TPSA) is 55.1 Å². The Balaban J connectivity index is 0.00000120. The van der Waals surface area contributed by atoms with Crippen molar-refractivity contribution in [3.05, 3.63) is 0 Å². The molecule has 3 nitrogen and oxygen atoms in total. The zero-order valence-electron chi connectivity index (χ0n) is 10.1. The summed E-state index contributed by atoms with van der Waals surface area (Å²) in [5, 5.41) is 2.36. The van der Waals surface area contributed by atoms with Crippen LogP contribution in [0.2, 0.25) is 0 Å². The van der Waals surface area contributed by atoms with E-state index in [0.29, 0.717) is 23.7 Å². The molecule has 0 saturated heterocycles. The molecule has 3 fully saturated rings. The quantitative estimate of drug-likeness (QED) is 0.818. The van der Waals surface area contributed by atoms with Crippen LogP contribution in [-0.2, 0) is 4.79 Å². The van der Waals surface area contributed by atoms with Gasteiger partial charge in [0.1, 0.15) is 0 Å². The summed E-state index contributed by atoms with van der Waals surface area (Å²) in [6, 6.07) is 0. The molecule has 0 heterocycles. The maximum atomic E-state index is 12.9. The smallest absolute Gasteiger partial charge is 0.277 e. The van der Waals surface area contributed by atoms with Gasteiger partial charge in [-0.15, -0.1) is 12.4 Å². The Bertz CT molecular complexity index is 337. The fourth-order valence-electron chi connectivity index (χ4n) is 4.08. The number of halogens is 3. The number of fused-ring (bicyclic) bond motifs is 5. The number of rotatable bonds is 4. The first-order chi connectivity index (χ1) is 8.03. The summed E-state index contributed by atoms with van der Waals surface area (Å²) in [4.78, 5) is 11.8. The summed E-state index contributed by atoms with van der Waals surface area (Å²) in [5.74, 6) is -0.745. The van der Waals surface area contributed by atoms with Crippen LogP contribution in [0.15, 0.2) is 0 Å². The van der Waals surface area contributed by atoms with Crippen molar-refractivity contribution in [3.8, 4) is 0 Å². The van der Waals surface area contributed by atoms with Crippen LogP contribution in [-0.4, -0.2) is 24.9 Å². The number of alkyl halides is 2. The second kappa shape index (κ2) is 4.60. The molecule has 0 aromatic carbocycles. The lowest BCUT2D eigenvalue weighted by atomic mass is 10.0. The highest BCUT2D eigenvalue weighted by Gasteiger charge is 2.67. The molecule has 6 heteroatoms. The van der Waals surface area contributed by atoms with Crippen LogP contribution in [0.1, 0.15) is 19.3 Å². The monoisotopic (exact) mass is 280 g/mol. The first-order valence-corrected chi connectivity index (χ1v) is 6.39. The first kappa shape index (κ1) is 14.0. The maximum Gasteiger partial charge on any atom is 0.277 e. The maximum absolute atomic E-state index is 12.9. The summed E-state index contributed by atoms with van der Waals surface area (Å²) in [5.41, 5.74) is 4.93. The molecule has 3 aliphatic rings. The van der Waals surface area contributed by atoms with Gasteiger partial charge in [-0.05, 0) is 42.9 Å². The minimum absolute atomic E-state index is 0. The lowest BCUT2D eigenvalue weighted by Gasteiger charge is -2.15. The van der Waals surface area contributed by atoms with Crippen LogP contribution in [0.3, 0.4) is 0 Å². The van der Waals surface area contributed by atoms with E-state index in [1.165, 1.54) is 19.3 Å². The van der Waals surface area contributed by atoms with Crippen molar-refractivity contribution in [2.45, 2.75) is 25.2 Å².